The molecule has 2 aromatic rings. The molecule has 0 aliphatic rings. The van der Waals surface area contributed by atoms with Gasteiger partial charge in [-0.05, 0) is 56.2 Å². The van der Waals surface area contributed by atoms with Crippen LogP contribution in [0.5, 0.6) is 0 Å². The average molecular weight is 458 g/mol. The van der Waals surface area contributed by atoms with Gasteiger partial charge in [0.05, 0.1) is 16.5 Å². The predicted molar refractivity (Wildman–Crippen MR) is 112 cm³/mol. The number of rotatable bonds is 6. The Balaban J connectivity index is 2.10. The van der Waals surface area contributed by atoms with Gasteiger partial charge in [-0.2, -0.15) is 0 Å². The number of nitrogens with one attached hydrogen (secondary N) is 1. The van der Waals surface area contributed by atoms with E-state index in [9.17, 15) is 18.0 Å². The van der Waals surface area contributed by atoms with Crippen LogP contribution in [-0.2, 0) is 19.4 Å². The van der Waals surface area contributed by atoms with Gasteiger partial charge in [0, 0.05) is 16.3 Å². The zero-order valence-electron chi connectivity index (χ0n) is 16.3. The van der Waals surface area contributed by atoms with Crippen LogP contribution in [0.3, 0.4) is 0 Å². The number of esters is 1. The highest BCUT2D eigenvalue weighted by Crippen LogP contribution is 2.26. The Bertz CT molecular complexity index is 1050. The Morgan fingerprint density at radius 3 is 2.31 bits per heavy atom. The summed E-state index contributed by atoms with van der Waals surface area (Å²) in [6.07, 6.45) is -0.0520. The summed E-state index contributed by atoms with van der Waals surface area (Å²) in [6.45, 7) is 4.82. The van der Waals surface area contributed by atoms with Crippen molar-refractivity contribution in [2.24, 2.45) is 0 Å². The largest absolute Gasteiger partial charge is 0.449 e. The van der Waals surface area contributed by atoms with Crippen molar-refractivity contribution in [1.82, 2.24) is 5.32 Å². The molecule has 1 N–H and O–H groups in total. The minimum atomic E-state index is -3.48. The van der Waals surface area contributed by atoms with Crippen molar-refractivity contribution in [2.45, 2.75) is 37.8 Å². The minimum absolute atomic E-state index is 0.00171. The molecule has 0 aliphatic carbocycles. The third-order valence-electron chi connectivity index (χ3n) is 4.30. The SMILES string of the molecule is Cc1ccc(S(C)(=O)=O)cc1C(=O)O[C@H](C)C(=O)N[C@@H](C)c1ccc(Cl)cc1Cl. The number of carbonyl (C=O) groups is 2. The molecule has 0 aromatic heterocycles. The molecule has 0 unspecified atom stereocenters. The Morgan fingerprint density at radius 2 is 1.72 bits per heavy atom. The number of amides is 1. The first kappa shape index (κ1) is 23.2. The van der Waals surface area contributed by atoms with E-state index in [0.717, 1.165) is 6.26 Å². The first-order valence-corrected chi connectivity index (χ1v) is 11.3. The molecule has 9 heteroatoms. The Hall–Kier alpha value is -2.09. The molecular weight excluding hydrogens is 437 g/mol. The van der Waals surface area contributed by atoms with E-state index in [-0.39, 0.29) is 10.5 Å². The van der Waals surface area contributed by atoms with Gasteiger partial charge in [0.1, 0.15) is 0 Å². The molecule has 2 rings (SSSR count). The van der Waals surface area contributed by atoms with Crippen LogP contribution in [0.25, 0.3) is 0 Å². The number of halogens is 2. The summed E-state index contributed by atoms with van der Waals surface area (Å²) in [7, 11) is -3.48. The van der Waals surface area contributed by atoms with Crippen LogP contribution in [0.15, 0.2) is 41.3 Å². The number of aryl methyl sites for hydroxylation is 1. The average Bonchev–Trinajstić information content (AvgIpc) is 2.60. The second-order valence-electron chi connectivity index (χ2n) is 6.69. The molecule has 0 saturated carbocycles. The monoisotopic (exact) mass is 457 g/mol. The van der Waals surface area contributed by atoms with Crippen LogP contribution < -0.4 is 5.32 Å². The van der Waals surface area contributed by atoms with E-state index in [1.165, 1.54) is 25.1 Å². The van der Waals surface area contributed by atoms with Crippen molar-refractivity contribution in [1.29, 1.82) is 0 Å². The van der Waals surface area contributed by atoms with Crippen molar-refractivity contribution < 1.29 is 22.7 Å². The smallest absolute Gasteiger partial charge is 0.339 e. The highest BCUT2D eigenvalue weighted by atomic mass is 35.5. The quantitative estimate of drug-likeness (QED) is 0.658. The van der Waals surface area contributed by atoms with E-state index < -0.39 is 33.9 Å². The number of sulfone groups is 1. The first-order chi connectivity index (χ1) is 13.4. The molecule has 0 heterocycles. The molecule has 156 valence electrons. The van der Waals surface area contributed by atoms with Crippen molar-refractivity contribution in [3.8, 4) is 0 Å². The van der Waals surface area contributed by atoms with Crippen LogP contribution in [0.4, 0.5) is 0 Å². The topological polar surface area (TPSA) is 89.5 Å². The standard InChI is InChI=1S/C20H21Cl2NO5S/c1-11-5-7-15(29(4,26)27)10-17(11)20(25)28-13(3)19(24)23-12(2)16-8-6-14(21)9-18(16)22/h5-10,12-13H,1-4H3,(H,23,24)/t12-,13+/m0/s1. The second-order valence-corrected chi connectivity index (χ2v) is 9.55. The van der Waals surface area contributed by atoms with Gasteiger partial charge < -0.3 is 10.1 Å². The fourth-order valence-electron chi connectivity index (χ4n) is 2.59. The van der Waals surface area contributed by atoms with Gasteiger partial charge in [-0.25, -0.2) is 13.2 Å². The molecule has 0 saturated heterocycles. The zero-order valence-corrected chi connectivity index (χ0v) is 18.7. The van der Waals surface area contributed by atoms with Gasteiger partial charge in [0.2, 0.25) is 0 Å². The van der Waals surface area contributed by atoms with Crippen molar-refractivity contribution in [2.75, 3.05) is 6.26 Å². The van der Waals surface area contributed by atoms with Crippen LogP contribution in [0.1, 0.15) is 41.4 Å². The number of benzene rings is 2. The van der Waals surface area contributed by atoms with Gasteiger partial charge >= 0.3 is 5.97 Å². The normalized spacial score (nSPS) is 13.4. The highest BCUT2D eigenvalue weighted by molar-refractivity contribution is 7.90. The van der Waals surface area contributed by atoms with Crippen molar-refractivity contribution in [3.63, 3.8) is 0 Å². The van der Waals surface area contributed by atoms with Crippen LogP contribution >= 0.6 is 23.2 Å². The van der Waals surface area contributed by atoms with Gasteiger partial charge in [-0.3, -0.25) is 4.79 Å². The minimum Gasteiger partial charge on any atom is -0.449 e. The van der Waals surface area contributed by atoms with E-state index >= 15 is 0 Å². The van der Waals surface area contributed by atoms with E-state index in [1.807, 2.05) is 0 Å². The Labute approximate surface area is 180 Å². The maximum atomic E-state index is 12.5. The fraction of sp³-hybridized carbons (Fsp3) is 0.300. The number of hydrogen-bond acceptors (Lipinski definition) is 5. The van der Waals surface area contributed by atoms with Crippen LogP contribution in [0.2, 0.25) is 10.0 Å². The van der Waals surface area contributed by atoms with Crippen molar-refractivity contribution >= 4 is 44.9 Å². The second kappa shape index (κ2) is 9.15. The zero-order chi connectivity index (χ0) is 21.9. The van der Waals surface area contributed by atoms with Gasteiger partial charge in [0.15, 0.2) is 15.9 Å². The number of carbonyl (C=O) groups excluding carboxylic acids is 2. The molecule has 0 bridgehead atoms. The molecule has 1 amide bonds. The molecule has 6 nitrogen and oxygen atoms in total. The summed E-state index contributed by atoms with van der Waals surface area (Å²) in [6, 6.07) is 8.66. The molecular formula is C20H21Cl2NO5S. The maximum Gasteiger partial charge on any atom is 0.339 e. The summed E-state index contributed by atoms with van der Waals surface area (Å²) in [5.74, 6) is -1.30. The maximum absolute atomic E-state index is 12.5. The van der Waals surface area contributed by atoms with E-state index in [4.69, 9.17) is 27.9 Å². The highest BCUT2D eigenvalue weighted by Gasteiger charge is 2.23. The fourth-order valence-corrected chi connectivity index (χ4v) is 3.81. The summed E-state index contributed by atoms with van der Waals surface area (Å²) >= 11 is 12.0. The number of ether oxygens (including phenoxy) is 1. The number of hydrogen-bond donors (Lipinski definition) is 1. The molecule has 29 heavy (non-hydrogen) atoms. The summed E-state index contributed by atoms with van der Waals surface area (Å²) in [4.78, 5) is 24.9. The van der Waals surface area contributed by atoms with Gasteiger partial charge in [-0.15, -0.1) is 0 Å². The van der Waals surface area contributed by atoms with Crippen molar-refractivity contribution in [3.05, 3.63) is 63.1 Å². The predicted octanol–water partition coefficient (Wildman–Crippen LogP) is 4.13. The third kappa shape index (κ3) is 5.95. The first-order valence-electron chi connectivity index (χ1n) is 8.67. The third-order valence-corrected chi connectivity index (χ3v) is 5.97. The van der Waals surface area contributed by atoms with E-state index in [0.29, 0.717) is 21.2 Å². The molecule has 0 aliphatic heterocycles. The summed E-state index contributed by atoms with van der Waals surface area (Å²) in [5, 5.41) is 3.61. The Kier molecular flexibility index (Phi) is 7.32. The molecule has 0 spiro atoms. The van der Waals surface area contributed by atoms with Gasteiger partial charge in [-0.1, -0.05) is 35.3 Å². The lowest BCUT2D eigenvalue weighted by atomic mass is 10.1. The summed E-state index contributed by atoms with van der Waals surface area (Å²) in [5.41, 5.74) is 1.29. The Morgan fingerprint density at radius 1 is 1.07 bits per heavy atom. The van der Waals surface area contributed by atoms with Gasteiger partial charge in [0.25, 0.3) is 5.91 Å². The molecule has 0 radical (unpaired) electrons. The lowest BCUT2D eigenvalue weighted by Crippen LogP contribution is -2.37. The van der Waals surface area contributed by atoms with E-state index in [2.05, 4.69) is 5.32 Å². The van der Waals surface area contributed by atoms with Crippen LogP contribution in [0, 0.1) is 6.92 Å². The lowest BCUT2D eigenvalue weighted by Gasteiger charge is -2.19. The molecule has 2 aromatic carbocycles. The molecule has 2 atom stereocenters. The van der Waals surface area contributed by atoms with E-state index in [1.54, 1.807) is 32.0 Å². The lowest BCUT2D eigenvalue weighted by molar-refractivity contribution is -0.129. The van der Waals surface area contributed by atoms with Crippen LogP contribution in [-0.4, -0.2) is 32.7 Å². The molecule has 0 fully saturated rings. The summed E-state index contributed by atoms with van der Waals surface area (Å²) < 4.78 is 28.7.